The Bertz CT molecular complexity index is 896. The van der Waals surface area contributed by atoms with Gasteiger partial charge in [0.25, 0.3) is 0 Å². The summed E-state index contributed by atoms with van der Waals surface area (Å²) >= 11 is 0. The van der Waals surface area contributed by atoms with E-state index in [4.69, 9.17) is 0 Å². The molecule has 2 saturated heterocycles. The number of amides is 2. The molecule has 0 radical (unpaired) electrons. The van der Waals surface area contributed by atoms with Gasteiger partial charge in [0.2, 0.25) is 11.8 Å². The second-order valence-corrected chi connectivity index (χ2v) is 8.91. The minimum atomic E-state index is -0.000511. The van der Waals surface area contributed by atoms with Crippen LogP contribution < -0.4 is 15.5 Å². The summed E-state index contributed by atoms with van der Waals surface area (Å²) in [4.78, 5) is 28.2. The zero-order valence-corrected chi connectivity index (χ0v) is 19.0. The number of hydrogen-bond donors (Lipinski definition) is 2. The van der Waals surface area contributed by atoms with Gasteiger partial charge >= 0.3 is 0 Å². The van der Waals surface area contributed by atoms with Gasteiger partial charge in [-0.25, -0.2) is 0 Å². The van der Waals surface area contributed by atoms with E-state index in [2.05, 4.69) is 39.8 Å². The van der Waals surface area contributed by atoms with Gasteiger partial charge in [-0.2, -0.15) is 0 Å². The number of benzene rings is 2. The summed E-state index contributed by atoms with van der Waals surface area (Å²) in [6.07, 6.45) is 5.39. The lowest BCUT2D eigenvalue weighted by atomic mass is 9.96. The van der Waals surface area contributed by atoms with Crippen LogP contribution in [0.15, 0.2) is 48.5 Å². The van der Waals surface area contributed by atoms with E-state index in [1.165, 1.54) is 24.9 Å². The minimum Gasteiger partial charge on any atom is -0.372 e. The lowest BCUT2D eigenvalue weighted by Gasteiger charge is -2.30. The molecule has 0 saturated carbocycles. The minimum absolute atomic E-state index is 0.000511. The first kappa shape index (κ1) is 22.2. The molecule has 6 heteroatoms. The van der Waals surface area contributed by atoms with Crippen LogP contribution in [-0.2, 0) is 16.1 Å². The van der Waals surface area contributed by atoms with Crippen LogP contribution in [0.2, 0.25) is 0 Å². The molecule has 0 aliphatic carbocycles. The Kier molecular flexibility index (Phi) is 7.30. The van der Waals surface area contributed by atoms with Gasteiger partial charge in [-0.05, 0) is 74.1 Å². The number of nitrogens with one attached hydrogen (secondary N) is 2. The van der Waals surface area contributed by atoms with Crippen LogP contribution in [0.1, 0.15) is 44.6 Å². The summed E-state index contributed by atoms with van der Waals surface area (Å²) in [5, 5.41) is 6.50. The average Bonchev–Trinajstić information content (AvgIpc) is 2.84. The fourth-order valence-electron chi connectivity index (χ4n) is 4.57. The molecule has 2 aromatic rings. The molecule has 2 fully saturated rings. The first-order valence-corrected chi connectivity index (χ1v) is 11.8. The number of anilines is 3. The molecule has 2 amide bonds. The molecule has 0 atom stereocenters. The van der Waals surface area contributed by atoms with Crippen LogP contribution in [0.3, 0.4) is 0 Å². The Morgan fingerprint density at radius 2 is 1.44 bits per heavy atom. The van der Waals surface area contributed by atoms with E-state index in [1.807, 2.05) is 29.2 Å². The van der Waals surface area contributed by atoms with Gasteiger partial charge in [0.1, 0.15) is 0 Å². The molecule has 2 heterocycles. The fourth-order valence-corrected chi connectivity index (χ4v) is 4.57. The summed E-state index contributed by atoms with van der Waals surface area (Å²) in [6, 6.07) is 16.8. The second-order valence-electron chi connectivity index (χ2n) is 8.91. The van der Waals surface area contributed by atoms with Gasteiger partial charge in [0.05, 0.1) is 0 Å². The monoisotopic (exact) mass is 434 g/mol. The summed E-state index contributed by atoms with van der Waals surface area (Å²) in [6.45, 7) is 5.77. The van der Waals surface area contributed by atoms with Gasteiger partial charge in [0.15, 0.2) is 0 Å². The van der Waals surface area contributed by atoms with E-state index in [0.29, 0.717) is 19.6 Å². The van der Waals surface area contributed by atoms with Crippen molar-refractivity contribution in [3.63, 3.8) is 0 Å². The topological polar surface area (TPSA) is 64.7 Å². The van der Waals surface area contributed by atoms with Gasteiger partial charge < -0.3 is 20.4 Å². The molecule has 0 bridgehead atoms. The van der Waals surface area contributed by atoms with Crippen LogP contribution in [0.25, 0.3) is 0 Å². The number of hydrogen-bond acceptors (Lipinski definition) is 4. The Labute approximate surface area is 191 Å². The zero-order chi connectivity index (χ0) is 22.3. The third kappa shape index (κ3) is 5.81. The Hall–Kier alpha value is -3.02. The van der Waals surface area contributed by atoms with Crippen molar-refractivity contribution in [3.8, 4) is 0 Å². The highest BCUT2D eigenvalue weighted by Crippen LogP contribution is 2.24. The van der Waals surface area contributed by atoms with Crippen molar-refractivity contribution >= 4 is 28.9 Å². The molecule has 2 aromatic carbocycles. The van der Waals surface area contributed by atoms with Crippen molar-refractivity contribution in [3.05, 3.63) is 54.1 Å². The highest BCUT2D eigenvalue weighted by molar-refractivity contribution is 5.79. The summed E-state index contributed by atoms with van der Waals surface area (Å²) < 4.78 is 0. The van der Waals surface area contributed by atoms with Crippen molar-refractivity contribution in [2.24, 2.45) is 5.92 Å². The SMILES string of the molecule is CC(=O)N1CCC(C(=O)NCc2ccc(Nc3ccc(N4CCCCC4)cc3)cc2)CC1. The molecule has 0 unspecified atom stereocenters. The molecule has 32 heavy (non-hydrogen) atoms. The molecule has 2 aliphatic heterocycles. The van der Waals surface area contributed by atoms with E-state index in [0.717, 1.165) is 42.9 Å². The van der Waals surface area contributed by atoms with Crippen LogP contribution in [0.5, 0.6) is 0 Å². The second kappa shape index (κ2) is 10.5. The van der Waals surface area contributed by atoms with Gasteiger partial charge in [-0.3, -0.25) is 9.59 Å². The maximum atomic E-state index is 12.5. The molecule has 6 nitrogen and oxygen atoms in total. The standard InChI is InChI=1S/C26H34N4O2/c1-20(31)29-17-13-22(14-18-29)26(32)27-19-21-5-7-23(8-6-21)28-24-9-11-25(12-10-24)30-15-3-2-4-16-30/h5-12,22,28H,2-4,13-19H2,1H3,(H,27,32). The first-order chi connectivity index (χ1) is 15.6. The molecule has 2 N–H and O–H groups in total. The van der Waals surface area contributed by atoms with Gasteiger partial charge in [-0.1, -0.05) is 12.1 Å². The lowest BCUT2D eigenvalue weighted by molar-refractivity contribution is -0.134. The van der Waals surface area contributed by atoms with Gasteiger partial charge in [0, 0.05) is 62.6 Å². The van der Waals surface area contributed by atoms with E-state index in [-0.39, 0.29) is 17.7 Å². The molecule has 2 aliphatic rings. The summed E-state index contributed by atoms with van der Waals surface area (Å²) in [5.41, 5.74) is 4.48. The van der Waals surface area contributed by atoms with Crippen molar-refractivity contribution in [1.29, 1.82) is 0 Å². The van der Waals surface area contributed by atoms with Crippen LogP contribution >= 0.6 is 0 Å². The van der Waals surface area contributed by atoms with E-state index in [9.17, 15) is 9.59 Å². The van der Waals surface area contributed by atoms with Crippen LogP contribution in [-0.4, -0.2) is 42.9 Å². The first-order valence-electron chi connectivity index (χ1n) is 11.8. The fraction of sp³-hybridized carbons (Fsp3) is 0.462. The number of piperidine rings is 2. The highest BCUT2D eigenvalue weighted by atomic mass is 16.2. The lowest BCUT2D eigenvalue weighted by Crippen LogP contribution is -2.42. The average molecular weight is 435 g/mol. The molecule has 4 rings (SSSR count). The Balaban J connectivity index is 1.23. The van der Waals surface area contributed by atoms with Gasteiger partial charge in [-0.15, -0.1) is 0 Å². The van der Waals surface area contributed by atoms with Crippen LogP contribution in [0.4, 0.5) is 17.1 Å². The number of rotatable bonds is 6. The quantitative estimate of drug-likeness (QED) is 0.712. The van der Waals surface area contributed by atoms with Crippen molar-refractivity contribution < 1.29 is 9.59 Å². The number of nitrogens with zero attached hydrogens (tertiary/aromatic N) is 2. The highest BCUT2D eigenvalue weighted by Gasteiger charge is 2.25. The Morgan fingerprint density at radius 1 is 0.844 bits per heavy atom. The molecule has 0 aromatic heterocycles. The Morgan fingerprint density at radius 3 is 2.03 bits per heavy atom. The number of carbonyl (C=O) groups is 2. The van der Waals surface area contributed by atoms with E-state index < -0.39 is 0 Å². The summed E-state index contributed by atoms with van der Waals surface area (Å²) in [7, 11) is 0. The molecular weight excluding hydrogens is 400 g/mol. The molecule has 170 valence electrons. The third-order valence-electron chi connectivity index (χ3n) is 6.61. The number of carbonyl (C=O) groups excluding carboxylic acids is 2. The predicted molar refractivity (Wildman–Crippen MR) is 129 cm³/mol. The zero-order valence-electron chi connectivity index (χ0n) is 19.0. The predicted octanol–water partition coefficient (Wildman–Crippen LogP) is 4.30. The van der Waals surface area contributed by atoms with Crippen molar-refractivity contribution in [2.75, 3.05) is 36.4 Å². The van der Waals surface area contributed by atoms with Crippen molar-refractivity contribution in [1.82, 2.24) is 10.2 Å². The smallest absolute Gasteiger partial charge is 0.223 e. The van der Waals surface area contributed by atoms with E-state index in [1.54, 1.807) is 6.92 Å². The van der Waals surface area contributed by atoms with Crippen molar-refractivity contribution in [2.45, 2.75) is 45.6 Å². The maximum Gasteiger partial charge on any atom is 0.223 e. The van der Waals surface area contributed by atoms with E-state index >= 15 is 0 Å². The number of likely N-dealkylation sites (tertiary alicyclic amines) is 1. The third-order valence-corrected chi connectivity index (χ3v) is 6.61. The maximum absolute atomic E-state index is 12.5. The van der Waals surface area contributed by atoms with Crippen LogP contribution in [0, 0.1) is 5.92 Å². The molecular formula is C26H34N4O2. The molecule has 0 spiro atoms. The summed E-state index contributed by atoms with van der Waals surface area (Å²) in [5.74, 6) is 0.180. The largest absolute Gasteiger partial charge is 0.372 e. The normalized spacial score (nSPS) is 17.2.